The number of carbonyl (C=O) groups is 1. The van der Waals surface area contributed by atoms with E-state index in [9.17, 15) is 4.79 Å². The topological polar surface area (TPSA) is 68.0 Å². The van der Waals surface area contributed by atoms with Crippen molar-refractivity contribution in [3.63, 3.8) is 0 Å². The summed E-state index contributed by atoms with van der Waals surface area (Å²) >= 11 is 0. The van der Waals surface area contributed by atoms with E-state index in [2.05, 4.69) is 10.3 Å². The SMILES string of the molecule is C[C@@H](N)c1ccc(C(=O)Nc2ccncc2)cc1. The molecule has 1 amide bonds. The van der Waals surface area contributed by atoms with Gasteiger partial charge in [0.2, 0.25) is 0 Å². The van der Waals surface area contributed by atoms with Gasteiger partial charge in [0, 0.05) is 29.7 Å². The van der Waals surface area contributed by atoms with Crippen LogP contribution in [-0.4, -0.2) is 10.9 Å². The molecule has 2 aromatic rings. The maximum atomic E-state index is 11.9. The zero-order chi connectivity index (χ0) is 13.0. The normalized spacial score (nSPS) is 11.9. The Bertz CT molecular complexity index is 520. The molecular formula is C14H15N3O. The van der Waals surface area contributed by atoms with E-state index in [1.807, 2.05) is 19.1 Å². The number of nitrogens with one attached hydrogen (secondary N) is 1. The molecule has 0 aliphatic rings. The van der Waals surface area contributed by atoms with Crippen LogP contribution in [0.2, 0.25) is 0 Å². The summed E-state index contributed by atoms with van der Waals surface area (Å²) in [4.78, 5) is 15.8. The fourth-order valence-electron chi connectivity index (χ4n) is 1.58. The van der Waals surface area contributed by atoms with Gasteiger partial charge in [-0.2, -0.15) is 0 Å². The lowest BCUT2D eigenvalue weighted by molar-refractivity contribution is 0.102. The highest BCUT2D eigenvalue weighted by Crippen LogP contribution is 2.12. The van der Waals surface area contributed by atoms with Gasteiger partial charge in [-0.15, -0.1) is 0 Å². The molecule has 92 valence electrons. The number of benzene rings is 1. The van der Waals surface area contributed by atoms with E-state index in [0.29, 0.717) is 5.56 Å². The Hall–Kier alpha value is -2.20. The summed E-state index contributed by atoms with van der Waals surface area (Å²) in [5.41, 5.74) is 8.10. The summed E-state index contributed by atoms with van der Waals surface area (Å²) in [5, 5.41) is 2.80. The number of carbonyl (C=O) groups excluding carboxylic acids is 1. The molecule has 0 spiro atoms. The van der Waals surface area contributed by atoms with E-state index in [1.165, 1.54) is 0 Å². The van der Waals surface area contributed by atoms with Crippen molar-refractivity contribution in [1.29, 1.82) is 0 Å². The minimum absolute atomic E-state index is 0.0256. The number of aromatic nitrogens is 1. The molecule has 1 aromatic heterocycles. The average molecular weight is 241 g/mol. The summed E-state index contributed by atoms with van der Waals surface area (Å²) in [6.45, 7) is 1.91. The van der Waals surface area contributed by atoms with Crippen LogP contribution in [0.5, 0.6) is 0 Å². The molecule has 0 unspecified atom stereocenters. The van der Waals surface area contributed by atoms with Gasteiger partial charge in [0.15, 0.2) is 0 Å². The van der Waals surface area contributed by atoms with Gasteiger partial charge in [-0.25, -0.2) is 0 Å². The summed E-state index contributed by atoms with van der Waals surface area (Å²) in [5.74, 6) is -0.141. The minimum Gasteiger partial charge on any atom is -0.324 e. The van der Waals surface area contributed by atoms with Crippen LogP contribution in [0.15, 0.2) is 48.8 Å². The maximum absolute atomic E-state index is 11.9. The molecule has 18 heavy (non-hydrogen) atoms. The predicted molar refractivity (Wildman–Crippen MR) is 71.2 cm³/mol. The molecule has 3 N–H and O–H groups in total. The summed E-state index contributed by atoms with van der Waals surface area (Å²) in [7, 11) is 0. The highest BCUT2D eigenvalue weighted by molar-refractivity contribution is 6.04. The van der Waals surface area contributed by atoms with Crippen LogP contribution in [0.1, 0.15) is 28.9 Å². The summed E-state index contributed by atoms with van der Waals surface area (Å²) < 4.78 is 0. The number of hydrogen-bond acceptors (Lipinski definition) is 3. The largest absolute Gasteiger partial charge is 0.324 e. The van der Waals surface area contributed by atoms with E-state index < -0.39 is 0 Å². The Morgan fingerprint density at radius 2 is 1.78 bits per heavy atom. The lowest BCUT2D eigenvalue weighted by atomic mass is 10.1. The van der Waals surface area contributed by atoms with Gasteiger partial charge in [0.25, 0.3) is 5.91 Å². The van der Waals surface area contributed by atoms with Crippen molar-refractivity contribution in [1.82, 2.24) is 4.98 Å². The number of rotatable bonds is 3. The third-order valence-corrected chi connectivity index (χ3v) is 2.64. The first-order valence-corrected chi connectivity index (χ1v) is 5.74. The number of hydrogen-bond donors (Lipinski definition) is 2. The summed E-state index contributed by atoms with van der Waals surface area (Å²) in [6, 6.07) is 10.7. The first-order chi connectivity index (χ1) is 8.66. The Kier molecular flexibility index (Phi) is 3.69. The molecule has 1 aromatic carbocycles. The lowest BCUT2D eigenvalue weighted by Crippen LogP contribution is -2.12. The van der Waals surface area contributed by atoms with Crippen LogP contribution >= 0.6 is 0 Å². The highest BCUT2D eigenvalue weighted by Gasteiger charge is 2.06. The molecule has 1 heterocycles. The van der Waals surface area contributed by atoms with Gasteiger partial charge in [-0.05, 0) is 36.8 Å². The van der Waals surface area contributed by atoms with Gasteiger partial charge in [-0.3, -0.25) is 9.78 Å². The standard InChI is InChI=1S/C14H15N3O/c1-10(15)11-2-4-12(5-3-11)14(18)17-13-6-8-16-9-7-13/h2-10H,15H2,1H3,(H,16,17,18)/t10-/m1/s1. The van der Waals surface area contributed by atoms with Crippen molar-refractivity contribution in [2.75, 3.05) is 5.32 Å². The van der Waals surface area contributed by atoms with E-state index in [-0.39, 0.29) is 11.9 Å². The van der Waals surface area contributed by atoms with E-state index >= 15 is 0 Å². The van der Waals surface area contributed by atoms with Crippen molar-refractivity contribution < 1.29 is 4.79 Å². The molecule has 0 saturated heterocycles. The smallest absolute Gasteiger partial charge is 0.255 e. The predicted octanol–water partition coefficient (Wildman–Crippen LogP) is 2.35. The minimum atomic E-state index is -0.141. The second-order valence-electron chi connectivity index (χ2n) is 4.10. The Morgan fingerprint density at radius 1 is 1.17 bits per heavy atom. The second-order valence-corrected chi connectivity index (χ2v) is 4.10. The van der Waals surface area contributed by atoms with Crippen LogP contribution < -0.4 is 11.1 Å². The van der Waals surface area contributed by atoms with E-state index in [4.69, 9.17) is 5.73 Å². The fourth-order valence-corrected chi connectivity index (χ4v) is 1.58. The Balaban J connectivity index is 2.10. The van der Waals surface area contributed by atoms with Crippen molar-refractivity contribution in [3.05, 3.63) is 59.9 Å². The van der Waals surface area contributed by atoms with Gasteiger partial charge in [0.1, 0.15) is 0 Å². The lowest BCUT2D eigenvalue weighted by Gasteiger charge is -2.07. The fraction of sp³-hybridized carbons (Fsp3) is 0.143. The van der Waals surface area contributed by atoms with Gasteiger partial charge >= 0.3 is 0 Å². The van der Waals surface area contributed by atoms with Crippen molar-refractivity contribution in [2.45, 2.75) is 13.0 Å². The number of pyridine rings is 1. The van der Waals surface area contributed by atoms with Gasteiger partial charge in [0.05, 0.1) is 0 Å². The highest BCUT2D eigenvalue weighted by atomic mass is 16.1. The van der Waals surface area contributed by atoms with Crippen molar-refractivity contribution >= 4 is 11.6 Å². The third kappa shape index (κ3) is 2.93. The van der Waals surface area contributed by atoms with Gasteiger partial charge < -0.3 is 11.1 Å². The number of anilines is 1. The first kappa shape index (κ1) is 12.3. The van der Waals surface area contributed by atoms with Crippen LogP contribution in [0.4, 0.5) is 5.69 Å². The average Bonchev–Trinajstić information content (AvgIpc) is 2.40. The number of amides is 1. The number of nitrogens with two attached hydrogens (primary N) is 1. The monoisotopic (exact) mass is 241 g/mol. The van der Waals surface area contributed by atoms with Crippen LogP contribution in [0.3, 0.4) is 0 Å². The first-order valence-electron chi connectivity index (χ1n) is 5.74. The van der Waals surface area contributed by atoms with Crippen molar-refractivity contribution in [2.24, 2.45) is 5.73 Å². The van der Waals surface area contributed by atoms with Crippen LogP contribution in [-0.2, 0) is 0 Å². The molecule has 0 aliphatic heterocycles. The molecule has 4 nitrogen and oxygen atoms in total. The molecule has 0 fully saturated rings. The quantitative estimate of drug-likeness (QED) is 0.866. The molecule has 0 radical (unpaired) electrons. The molecular weight excluding hydrogens is 226 g/mol. The second kappa shape index (κ2) is 5.42. The Morgan fingerprint density at radius 3 is 2.33 bits per heavy atom. The van der Waals surface area contributed by atoms with Crippen LogP contribution in [0, 0.1) is 0 Å². The number of nitrogens with zero attached hydrogens (tertiary/aromatic N) is 1. The molecule has 0 saturated carbocycles. The molecule has 0 aliphatic carbocycles. The maximum Gasteiger partial charge on any atom is 0.255 e. The van der Waals surface area contributed by atoms with Crippen molar-refractivity contribution in [3.8, 4) is 0 Å². The van der Waals surface area contributed by atoms with E-state index in [1.54, 1.807) is 36.7 Å². The molecule has 2 rings (SSSR count). The van der Waals surface area contributed by atoms with E-state index in [0.717, 1.165) is 11.3 Å². The Labute approximate surface area is 106 Å². The molecule has 4 heteroatoms. The molecule has 1 atom stereocenters. The van der Waals surface area contributed by atoms with Gasteiger partial charge in [-0.1, -0.05) is 12.1 Å². The van der Waals surface area contributed by atoms with Crippen LogP contribution in [0.25, 0.3) is 0 Å². The summed E-state index contributed by atoms with van der Waals surface area (Å²) in [6.07, 6.45) is 3.27. The zero-order valence-corrected chi connectivity index (χ0v) is 10.1. The molecule has 0 bridgehead atoms. The third-order valence-electron chi connectivity index (χ3n) is 2.64. The zero-order valence-electron chi connectivity index (χ0n) is 10.1.